The van der Waals surface area contributed by atoms with Crippen molar-refractivity contribution in [2.24, 2.45) is 5.92 Å². The maximum Gasteiger partial charge on any atom is 0.308 e. The standard InChI is InChI=1S/C16H23NO2/c1-3-19-16(18)13-9-11-15(12-10-13)17(2)14-7-5-4-6-8-14/h4-8,13,15H,3,9-12H2,1-2H3. The number of anilines is 1. The molecule has 3 nitrogen and oxygen atoms in total. The van der Waals surface area contributed by atoms with Crippen LogP contribution in [-0.4, -0.2) is 25.7 Å². The summed E-state index contributed by atoms with van der Waals surface area (Å²) in [6.45, 7) is 2.36. The Kier molecular flexibility index (Phi) is 4.83. The van der Waals surface area contributed by atoms with Crippen LogP contribution in [0.4, 0.5) is 5.69 Å². The van der Waals surface area contributed by atoms with Crippen molar-refractivity contribution in [2.75, 3.05) is 18.6 Å². The molecule has 0 atom stereocenters. The fraction of sp³-hybridized carbons (Fsp3) is 0.562. The van der Waals surface area contributed by atoms with Gasteiger partial charge in [0.25, 0.3) is 0 Å². The lowest BCUT2D eigenvalue weighted by molar-refractivity contribution is -0.149. The molecule has 0 spiro atoms. The molecule has 1 aliphatic rings. The normalized spacial score (nSPS) is 22.8. The summed E-state index contributed by atoms with van der Waals surface area (Å²) in [5.41, 5.74) is 1.25. The van der Waals surface area contributed by atoms with Crippen molar-refractivity contribution in [3.8, 4) is 0 Å². The van der Waals surface area contributed by atoms with Gasteiger partial charge in [0.1, 0.15) is 0 Å². The number of carbonyl (C=O) groups is 1. The van der Waals surface area contributed by atoms with Gasteiger partial charge >= 0.3 is 5.97 Å². The smallest absolute Gasteiger partial charge is 0.308 e. The molecule has 1 aliphatic carbocycles. The fourth-order valence-electron chi connectivity index (χ4n) is 2.83. The molecule has 0 amide bonds. The first-order valence-electron chi connectivity index (χ1n) is 7.17. The molecule has 0 aromatic heterocycles. The van der Waals surface area contributed by atoms with Gasteiger partial charge in [0, 0.05) is 18.8 Å². The number of esters is 1. The van der Waals surface area contributed by atoms with E-state index in [1.807, 2.05) is 13.0 Å². The zero-order valence-electron chi connectivity index (χ0n) is 11.8. The number of carbonyl (C=O) groups excluding carboxylic acids is 1. The Bertz CT molecular complexity index is 396. The van der Waals surface area contributed by atoms with Gasteiger partial charge in [-0.3, -0.25) is 4.79 Å². The first kappa shape index (κ1) is 13.9. The summed E-state index contributed by atoms with van der Waals surface area (Å²) >= 11 is 0. The quantitative estimate of drug-likeness (QED) is 0.779. The van der Waals surface area contributed by atoms with Crippen LogP contribution in [0.1, 0.15) is 32.6 Å². The molecule has 2 rings (SSSR count). The second-order valence-corrected chi connectivity index (χ2v) is 5.20. The second-order valence-electron chi connectivity index (χ2n) is 5.20. The van der Waals surface area contributed by atoms with E-state index in [1.165, 1.54) is 5.69 Å². The van der Waals surface area contributed by atoms with Crippen LogP contribution in [0.3, 0.4) is 0 Å². The molecule has 1 saturated carbocycles. The Morgan fingerprint density at radius 1 is 1.21 bits per heavy atom. The van der Waals surface area contributed by atoms with Crippen molar-refractivity contribution in [1.29, 1.82) is 0 Å². The number of benzene rings is 1. The van der Waals surface area contributed by atoms with Gasteiger partial charge in [0.05, 0.1) is 12.5 Å². The van der Waals surface area contributed by atoms with Gasteiger partial charge in [0.2, 0.25) is 0 Å². The van der Waals surface area contributed by atoms with Crippen LogP contribution in [0.2, 0.25) is 0 Å². The summed E-state index contributed by atoms with van der Waals surface area (Å²) in [5, 5.41) is 0. The molecular weight excluding hydrogens is 238 g/mol. The molecule has 0 unspecified atom stereocenters. The number of nitrogens with zero attached hydrogens (tertiary/aromatic N) is 1. The van der Waals surface area contributed by atoms with Gasteiger partial charge in [-0.05, 0) is 44.7 Å². The van der Waals surface area contributed by atoms with Crippen molar-refractivity contribution < 1.29 is 9.53 Å². The Morgan fingerprint density at radius 3 is 2.42 bits per heavy atom. The molecule has 19 heavy (non-hydrogen) atoms. The summed E-state index contributed by atoms with van der Waals surface area (Å²) in [4.78, 5) is 14.0. The van der Waals surface area contributed by atoms with Crippen LogP contribution in [0.15, 0.2) is 30.3 Å². The van der Waals surface area contributed by atoms with Crippen LogP contribution >= 0.6 is 0 Å². The highest BCUT2D eigenvalue weighted by molar-refractivity contribution is 5.72. The molecule has 0 bridgehead atoms. The minimum atomic E-state index is -0.0108. The first-order chi connectivity index (χ1) is 9.22. The second kappa shape index (κ2) is 6.60. The lowest BCUT2D eigenvalue weighted by atomic mass is 9.85. The average Bonchev–Trinajstić information content (AvgIpc) is 2.48. The average molecular weight is 261 g/mol. The number of rotatable bonds is 4. The van der Waals surface area contributed by atoms with E-state index in [9.17, 15) is 4.79 Å². The zero-order chi connectivity index (χ0) is 13.7. The number of hydrogen-bond donors (Lipinski definition) is 0. The summed E-state index contributed by atoms with van der Waals surface area (Å²) in [6.07, 6.45) is 4.02. The third-order valence-electron chi connectivity index (χ3n) is 4.03. The molecule has 0 heterocycles. The van der Waals surface area contributed by atoms with Gasteiger partial charge in [-0.15, -0.1) is 0 Å². The summed E-state index contributed by atoms with van der Waals surface area (Å²) in [7, 11) is 2.14. The van der Waals surface area contributed by atoms with Crippen molar-refractivity contribution in [2.45, 2.75) is 38.6 Å². The number of ether oxygens (including phenoxy) is 1. The highest BCUT2D eigenvalue weighted by Gasteiger charge is 2.29. The SMILES string of the molecule is CCOC(=O)C1CCC(N(C)c2ccccc2)CC1. The third-order valence-corrected chi connectivity index (χ3v) is 4.03. The lowest BCUT2D eigenvalue weighted by Crippen LogP contribution is -2.37. The zero-order valence-corrected chi connectivity index (χ0v) is 11.8. The predicted octanol–water partition coefficient (Wildman–Crippen LogP) is 3.24. The lowest BCUT2D eigenvalue weighted by Gasteiger charge is -2.35. The van der Waals surface area contributed by atoms with Gasteiger partial charge < -0.3 is 9.64 Å². The summed E-state index contributed by atoms with van der Waals surface area (Å²) < 4.78 is 5.11. The number of hydrogen-bond acceptors (Lipinski definition) is 3. The Balaban J connectivity index is 1.88. The highest BCUT2D eigenvalue weighted by Crippen LogP contribution is 2.30. The fourth-order valence-corrected chi connectivity index (χ4v) is 2.83. The van der Waals surface area contributed by atoms with Gasteiger partial charge in [0.15, 0.2) is 0 Å². The van der Waals surface area contributed by atoms with Crippen molar-refractivity contribution in [3.63, 3.8) is 0 Å². The van der Waals surface area contributed by atoms with Crippen LogP contribution in [0.25, 0.3) is 0 Å². The highest BCUT2D eigenvalue weighted by atomic mass is 16.5. The van der Waals surface area contributed by atoms with Crippen LogP contribution in [0.5, 0.6) is 0 Å². The van der Waals surface area contributed by atoms with E-state index in [0.29, 0.717) is 12.6 Å². The first-order valence-corrected chi connectivity index (χ1v) is 7.17. The minimum Gasteiger partial charge on any atom is -0.466 e. The molecule has 1 aromatic rings. The van der Waals surface area contributed by atoms with Crippen LogP contribution < -0.4 is 4.90 Å². The number of para-hydroxylation sites is 1. The minimum absolute atomic E-state index is 0.0108. The Labute approximate surface area is 115 Å². The van der Waals surface area contributed by atoms with Gasteiger partial charge in [-0.1, -0.05) is 18.2 Å². The molecule has 104 valence electrons. The monoisotopic (exact) mass is 261 g/mol. The molecule has 0 N–H and O–H groups in total. The molecular formula is C16H23NO2. The van der Waals surface area contributed by atoms with E-state index in [1.54, 1.807) is 0 Å². The Morgan fingerprint density at radius 2 is 1.84 bits per heavy atom. The topological polar surface area (TPSA) is 29.5 Å². The maximum atomic E-state index is 11.7. The van der Waals surface area contributed by atoms with E-state index in [-0.39, 0.29) is 11.9 Å². The molecule has 0 saturated heterocycles. The van der Waals surface area contributed by atoms with Crippen LogP contribution in [-0.2, 0) is 9.53 Å². The molecule has 0 radical (unpaired) electrons. The summed E-state index contributed by atoms with van der Waals surface area (Å²) in [5.74, 6) is 0.101. The molecule has 3 heteroatoms. The van der Waals surface area contributed by atoms with Gasteiger partial charge in [-0.25, -0.2) is 0 Å². The molecule has 1 aromatic carbocycles. The van der Waals surface area contributed by atoms with E-state index < -0.39 is 0 Å². The van der Waals surface area contributed by atoms with Crippen molar-refractivity contribution >= 4 is 11.7 Å². The third kappa shape index (κ3) is 3.49. The molecule has 0 aliphatic heterocycles. The Hall–Kier alpha value is -1.51. The van der Waals surface area contributed by atoms with E-state index in [4.69, 9.17) is 4.74 Å². The van der Waals surface area contributed by atoms with E-state index >= 15 is 0 Å². The largest absolute Gasteiger partial charge is 0.466 e. The van der Waals surface area contributed by atoms with Crippen molar-refractivity contribution in [3.05, 3.63) is 30.3 Å². The van der Waals surface area contributed by atoms with Gasteiger partial charge in [-0.2, -0.15) is 0 Å². The summed E-state index contributed by atoms with van der Waals surface area (Å²) in [6, 6.07) is 11.0. The van der Waals surface area contributed by atoms with Crippen LogP contribution in [0, 0.1) is 5.92 Å². The predicted molar refractivity (Wildman–Crippen MR) is 77.2 cm³/mol. The molecule has 1 fully saturated rings. The maximum absolute atomic E-state index is 11.7. The van der Waals surface area contributed by atoms with E-state index in [0.717, 1.165) is 25.7 Å². The van der Waals surface area contributed by atoms with E-state index in [2.05, 4.69) is 36.2 Å². The van der Waals surface area contributed by atoms with Crippen molar-refractivity contribution in [1.82, 2.24) is 0 Å².